The van der Waals surface area contributed by atoms with Crippen LogP contribution in [0.25, 0.3) is 16.8 Å². The van der Waals surface area contributed by atoms with Gasteiger partial charge in [0.15, 0.2) is 5.65 Å². The molecule has 2 heterocycles. The van der Waals surface area contributed by atoms with E-state index < -0.39 is 5.97 Å². The smallest absolute Gasteiger partial charge is 0.339 e. The Labute approximate surface area is 128 Å². The molecule has 0 aliphatic rings. The van der Waals surface area contributed by atoms with Gasteiger partial charge < -0.3 is 5.11 Å². The highest BCUT2D eigenvalue weighted by molar-refractivity contribution is 5.90. The molecule has 22 heavy (non-hydrogen) atoms. The monoisotopic (exact) mass is 295 g/mol. The summed E-state index contributed by atoms with van der Waals surface area (Å²) in [6, 6.07) is 6.26. The van der Waals surface area contributed by atoms with Gasteiger partial charge in [-0.05, 0) is 38.8 Å². The Balaban J connectivity index is 2.36. The second kappa shape index (κ2) is 4.94. The van der Waals surface area contributed by atoms with Gasteiger partial charge in [-0.25, -0.2) is 14.3 Å². The molecule has 0 aliphatic heterocycles. The predicted octanol–water partition coefficient (Wildman–Crippen LogP) is 3.33. The third kappa shape index (κ3) is 2.06. The number of carboxylic acid groups (broad SMARTS) is 1. The molecule has 0 atom stereocenters. The van der Waals surface area contributed by atoms with Crippen molar-refractivity contribution in [2.24, 2.45) is 0 Å². The van der Waals surface area contributed by atoms with Gasteiger partial charge in [0.2, 0.25) is 0 Å². The van der Waals surface area contributed by atoms with Gasteiger partial charge in [-0.15, -0.1) is 0 Å². The molecule has 0 unspecified atom stereocenters. The zero-order valence-electron chi connectivity index (χ0n) is 13.0. The minimum Gasteiger partial charge on any atom is -0.478 e. The third-order valence-electron chi connectivity index (χ3n) is 3.95. The lowest BCUT2D eigenvalue weighted by atomic mass is 9.98. The summed E-state index contributed by atoms with van der Waals surface area (Å²) in [5.74, 6) is -0.992. The molecule has 0 radical (unpaired) electrons. The van der Waals surface area contributed by atoms with E-state index in [1.807, 2.05) is 13.8 Å². The highest BCUT2D eigenvalue weighted by Crippen LogP contribution is 2.31. The van der Waals surface area contributed by atoms with E-state index in [4.69, 9.17) is 0 Å². The molecule has 5 heteroatoms. The maximum atomic E-state index is 11.2. The van der Waals surface area contributed by atoms with Crippen molar-refractivity contribution in [3.63, 3.8) is 0 Å². The van der Waals surface area contributed by atoms with Gasteiger partial charge in [-0.1, -0.05) is 23.8 Å². The summed E-state index contributed by atoms with van der Waals surface area (Å²) in [6.07, 6.45) is 1.41. The van der Waals surface area contributed by atoms with Crippen LogP contribution in [-0.2, 0) is 0 Å². The summed E-state index contributed by atoms with van der Waals surface area (Å²) in [4.78, 5) is 15.6. The number of aromatic nitrogens is 3. The molecule has 5 nitrogen and oxygen atoms in total. The first-order chi connectivity index (χ1) is 10.4. The Bertz CT molecular complexity index is 910. The van der Waals surface area contributed by atoms with Crippen molar-refractivity contribution in [1.82, 2.24) is 14.6 Å². The standard InChI is InChI=1S/C17H17N3O2/c1-9-5-6-10(2)13(7-9)15-11(3)19-20-12(4)14(17(21)22)8-18-16(15)20/h5-8H,1-4H3,(H,21,22). The second-order valence-corrected chi connectivity index (χ2v) is 5.58. The van der Waals surface area contributed by atoms with Crippen molar-refractivity contribution < 1.29 is 9.90 Å². The van der Waals surface area contributed by atoms with Crippen molar-refractivity contribution in [1.29, 1.82) is 0 Å². The molecule has 0 aliphatic carbocycles. The molecule has 2 aromatic heterocycles. The van der Waals surface area contributed by atoms with Gasteiger partial charge in [-0.3, -0.25) is 0 Å². The lowest BCUT2D eigenvalue weighted by Gasteiger charge is -2.07. The summed E-state index contributed by atoms with van der Waals surface area (Å²) >= 11 is 0. The number of hydrogen-bond donors (Lipinski definition) is 1. The maximum absolute atomic E-state index is 11.2. The van der Waals surface area contributed by atoms with E-state index in [0.29, 0.717) is 11.3 Å². The molecule has 112 valence electrons. The van der Waals surface area contributed by atoms with Crippen LogP contribution in [0.1, 0.15) is 32.9 Å². The number of carboxylic acids is 1. The van der Waals surface area contributed by atoms with Crippen LogP contribution in [0.2, 0.25) is 0 Å². The second-order valence-electron chi connectivity index (χ2n) is 5.58. The number of aryl methyl sites for hydroxylation is 4. The van der Waals surface area contributed by atoms with Crippen LogP contribution < -0.4 is 0 Å². The highest BCUT2D eigenvalue weighted by atomic mass is 16.4. The predicted molar refractivity (Wildman–Crippen MR) is 84.3 cm³/mol. The van der Waals surface area contributed by atoms with E-state index in [1.165, 1.54) is 11.8 Å². The lowest BCUT2D eigenvalue weighted by molar-refractivity contribution is 0.0695. The number of benzene rings is 1. The number of carbonyl (C=O) groups is 1. The topological polar surface area (TPSA) is 67.5 Å². The summed E-state index contributed by atoms with van der Waals surface area (Å²) in [6.45, 7) is 7.77. The van der Waals surface area contributed by atoms with Gasteiger partial charge in [0, 0.05) is 11.8 Å². The third-order valence-corrected chi connectivity index (χ3v) is 3.95. The summed E-state index contributed by atoms with van der Waals surface area (Å²) < 4.78 is 1.62. The molecule has 0 fully saturated rings. The molecule has 3 aromatic rings. The number of fused-ring (bicyclic) bond motifs is 1. The molecule has 0 saturated heterocycles. The Morgan fingerprint density at radius 2 is 1.91 bits per heavy atom. The van der Waals surface area contributed by atoms with Crippen LogP contribution in [0.4, 0.5) is 0 Å². The van der Waals surface area contributed by atoms with Gasteiger partial charge in [0.05, 0.1) is 17.0 Å². The number of rotatable bonds is 2. The lowest BCUT2D eigenvalue weighted by Crippen LogP contribution is -2.07. The molecule has 3 rings (SSSR count). The van der Waals surface area contributed by atoms with Crippen LogP contribution in [0.3, 0.4) is 0 Å². The minimum atomic E-state index is -0.992. The quantitative estimate of drug-likeness (QED) is 0.787. The van der Waals surface area contributed by atoms with Crippen molar-refractivity contribution in [2.45, 2.75) is 27.7 Å². The van der Waals surface area contributed by atoms with Gasteiger partial charge in [0.1, 0.15) is 0 Å². The Hall–Kier alpha value is -2.69. The van der Waals surface area contributed by atoms with Crippen molar-refractivity contribution >= 4 is 11.6 Å². The summed E-state index contributed by atoms with van der Waals surface area (Å²) in [5.41, 5.74) is 6.63. The van der Waals surface area contributed by atoms with Crippen molar-refractivity contribution in [2.75, 3.05) is 0 Å². The van der Waals surface area contributed by atoms with E-state index in [-0.39, 0.29) is 5.56 Å². The first kappa shape index (κ1) is 14.3. The largest absolute Gasteiger partial charge is 0.478 e. The Kier molecular flexibility index (Phi) is 3.20. The van der Waals surface area contributed by atoms with Crippen molar-refractivity contribution in [3.05, 3.63) is 52.5 Å². The average molecular weight is 295 g/mol. The molecule has 0 saturated carbocycles. The van der Waals surface area contributed by atoms with E-state index in [1.54, 1.807) is 11.4 Å². The molecule has 0 spiro atoms. The molecular formula is C17H17N3O2. The first-order valence-corrected chi connectivity index (χ1v) is 7.06. The molecule has 0 bridgehead atoms. The fourth-order valence-electron chi connectivity index (χ4n) is 2.73. The fraction of sp³-hybridized carbons (Fsp3) is 0.235. The van der Waals surface area contributed by atoms with Crippen molar-refractivity contribution in [3.8, 4) is 11.1 Å². The molecule has 0 amide bonds. The van der Waals surface area contributed by atoms with E-state index in [9.17, 15) is 9.90 Å². The summed E-state index contributed by atoms with van der Waals surface area (Å²) in [7, 11) is 0. The minimum absolute atomic E-state index is 0.169. The van der Waals surface area contributed by atoms with Crippen LogP contribution in [0.15, 0.2) is 24.4 Å². The van der Waals surface area contributed by atoms with Gasteiger partial charge in [0.25, 0.3) is 0 Å². The van der Waals surface area contributed by atoms with E-state index in [2.05, 4.69) is 35.2 Å². The zero-order valence-corrected chi connectivity index (χ0v) is 13.0. The molecule has 1 aromatic carbocycles. The fourth-order valence-corrected chi connectivity index (χ4v) is 2.73. The molecular weight excluding hydrogens is 278 g/mol. The molecule has 1 N–H and O–H groups in total. The Morgan fingerprint density at radius 3 is 2.59 bits per heavy atom. The SMILES string of the molecule is Cc1ccc(C)c(-c2c(C)nn3c(C)c(C(=O)O)cnc23)c1. The normalized spacial score (nSPS) is 11.1. The first-order valence-electron chi connectivity index (χ1n) is 7.06. The zero-order chi connectivity index (χ0) is 16.0. The summed E-state index contributed by atoms with van der Waals surface area (Å²) in [5, 5.41) is 13.7. The Morgan fingerprint density at radius 1 is 1.18 bits per heavy atom. The van der Waals surface area contributed by atoms with E-state index in [0.717, 1.165) is 22.4 Å². The van der Waals surface area contributed by atoms with Crippen LogP contribution in [0, 0.1) is 27.7 Å². The number of nitrogens with zero attached hydrogens (tertiary/aromatic N) is 3. The van der Waals surface area contributed by atoms with Crippen LogP contribution in [0.5, 0.6) is 0 Å². The average Bonchev–Trinajstić information content (AvgIpc) is 2.79. The van der Waals surface area contributed by atoms with Crippen LogP contribution in [-0.4, -0.2) is 25.7 Å². The van der Waals surface area contributed by atoms with E-state index >= 15 is 0 Å². The number of aromatic carboxylic acids is 1. The maximum Gasteiger partial charge on any atom is 0.339 e. The highest BCUT2D eigenvalue weighted by Gasteiger charge is 2.19. The van der Waals surface area contributed by atoms with Gasteiger partial charge >= 0.3 is 5.97 Å². The number of hydrogen-bond acceptors (Lipinski definition) is 3. The van der Waals surface area contributed by atoms with Crippen LogP contribution >= 0.6 is 0 Å². The van der Waals surface area contributed by atoms with Gasteiger partial charge in [-0.2, -0.15) is 5.10 Å².